The number of fused-ring (bicyclic) bond motifs is 1. The summed E-state index contributed by atoms with van der Waals surface area (Å²) >= 11 is 0. The normalized spacial score (nSPS) is 10.2. The van der Waals surface area contributed by atoms with E-state index in [0.717, 1.165) is 22.1 Å². The Hall–Kier alpha value is -2.52. The largest absolute Gasteiger partial charge is 0.115 e. The Balaban J connectivity index is 2.35. The van der Waals surface area contributed by atoms with Gasteiger partial charge in [0, 0.05) is 5.56 Å². The standard InChI is InChI=1S/C18H12/c1-2-16-17-11-7-6-10-15(17)12-13-18(16)14-8-4-3-5-9-14/h1,3-13H. The van der Waals surface area contributed by atoms with E-state index >= 15 is 0 Å². The highest BCUT2D eigenvalue weighted by Crippen LogP contribution is 2.29. The second-order valence-corrected chi connectivity index (χ2v) is 4.22. The van der Waals surface area contributed by atoms with Crippen molar-refractivity contribution in [2.45, 2.75) is 0 Å². The Labute approximate surface area is 107 Å². The van der Waals surface area contributed by atoms with E-state index < -0.39 is 0 Å². The smallest absolute Gasteiger partial charge is 0.0399 e. The van der Waals surface area contributed by atoms with Gasteiger partial charge in [-0.1, -0.05) is 72.7 Å². The van der Waals surface area contributed by atoms with Crippen LogP contribution in [0.1, 0.15) is 5.56 Å². The fraction of sp³-hybridized carbons (Fsp3) is 0. The van der Waals surface area contributed by atoms with Gasteiger partial charge in [-0.15, -0.1) is 6.42 Å². The first-order valence-electron chi connectivity index (χ1n) is 5.94. The van der Waals surface area contributed by atoms with Gasteiger partial charge < -0.3 is 0 Å². The predicted molar refractivity (Wildman–Crippen MR) is 77.3 cm³/mol. The van der Waals surface area contributed by atoms with Gasteiger partial charge in [-0.3, -0.25) is 0 Å². The molecule has 0 saturated carbocycles. The van der Waals surface area contributed by atoms with Gasteiger partial charge in [0.05, 0.1) is 0 Å². The average Bonchev–Trinajstić information content (AvgIpc) is 2.47. The summed E-state index contributed by atoms with van der Waals surface area (Å²) in [5.41, 5.74) is 3.26. The zero-order chi connectivity index (χ0) is 12.4. The third-order valence-corrected chi connectivity index (χ3v) is 3.16. The molecule has 0 heteroatoms. The van der Waals surface area contributed by atoms with Gasteiger partial charge in [-0.05, 0) is 21.9 Å². The molecule has 0 spiro atoms. The topological polar surface area (TPSA) is 0 Å². The zero-order valence-electron chi connectivity index (χ0n) is 9.93. The van der Waals surface area contributed by atoms with Crippen LogP contribution >= 0.6 is 0 Å². The summed E-state index contributed by atoms with van der Waals surface area (Å²) in [4.78, 5) is 0. The van der Waals surface area contributed by atoms with Crippen molar-refractivity contribution in [3.8, 4) is 23.5 Å². The van der Waals surface area contributed by atoms with E-state index in [9.17, 15) is 0 Å². The lowest BCUT2D eigenvalue weighted by Crippen LogP contribution is -1.86. The van der Waals surface area contributed by atoms with Crippen LogP contribution in [0, 0.1) is 12.3 Å². The van der Waals surface area contributed by atoms with E-state index in [4.69, 9.17) is 6.42 Å². The molecule has 0 aliphatic carbocycles. The summed E-state index contributed by atoms with van der Waals surface area (Å²) in [5, 5.41) is 2.33. The van der Waals surface area contributed by atoms with Gasteiger partial charge in [0.15, 0.2) is 0 Å². The molecule has 0 aliphatic heterocycles. The molecule has 0 nitrogen and oxygen atoms in total. The molecule has 0 atom stereocenters. The second kappa shape index (κ2) is 4.39. The lowest BCUT2D eigenvalue weighted by Gasteiger charge is -2.08. The molecule has 18 heavy (non-hydrogen) atoms. The van der Waals surface area contributed by atoms with E-state index in [0.29, 0.717) is 0 Å². The second-order valence-electron chi connectivity index (χ2n) is 4.22. The Morgan fingerprint density at radius 2 is 1.44 bits per heavy atom. The van der Waals surface area contributed by atoms with Crippen molar-refractivity contribution in [3.05, 3.63) is 72.3 Å². The summed E-state index contributed by atoms with van der Waals surface area (Å²) in [6.07, 6.45) is 5.70. The van der Waals surface area contributed by atoms with E-state index in [1.54, 1.807) is 0 Å². The van der Waals surface area contributed by atoms with Gasteiger partial charge in [0.2, 0.25) is 0 Å². The van der Waals surface area contributed by atoms with Gasteiger partial charge in [0.25, 0.3) is 0 Å². The Morgan fingerprint density at radius 1 is 0.722 bits per heavy atom. The molecule has 0 N–H and O–H groups in total. The lowest BCUT2D eigenvalue weighted by atomic mass is 9.95. The summed E-state index contributed by atoms with van der Waals surface area (Å²) in [5.74, 6) is 2.84. The third-order valence-electron chi connectivity index (χ3n) is 3.16. The molecule has 0 bridgehead atoms. The van der Waals surface area contributed by atoms with Crippen molar-refractivity contribution in [2.75, 3.05) is 0 Å². The van der Waals surface area contributed by atoms with Crippen molar-refractivity contribution in [3.63, 3.8) is 0 Å². The number of terminal acetylenes is 1. The molecule has 0 unspecified atom stereocenters. The quantitative estimate of drug-likeness (QED) is 0.538. The minimum absolute atomic E-state index is 0.972. The van der Waals surface area contributed by atoms with Crippen molar-refractivity contribution in [1.82, 2.24) is 0 Å². The number of rotatable bonds is 1. The molecule has 0 amide bonds. The van der Waals surface area contributed by atoms with Crippen LogP contribution in [-0.2, 0) is 0 Å². The highest BCUT2D eigenvalue weighted by Gasteiger charge is 2.06. The van der Waals surface area contributed by atoms with Crippen molar-refractivity contribution in [2.24, 2.45) is 0 Å². The van der Waals surface area contributed by atoms with Crippen LogP contribution in [0.3, 0.4) is 0 Å². The maximum absolute atomic E-state index is 5.70. The summed E-state index contributed by atoms with van der Waals surface area (Å²) < 4.78 is 0. The monoisotopic (exact) mass is 228 g/mol. The maximum atomic E-state index is 5.70. The van der Waals surface area contributed by atoms with Crippen LogP contribution in [0.4, 0.5) is 0 Å². The molecule has 3 aromatic rings. The first-order valence-corrected chi connectivity index (χ1v) is 5.94. The molecule has 0 fully saturated rings. The van der Waals surface area contributed by atoms with Crippen molar-refractivity contribution < 1.29 is 0 Å². The van der Waals surface area contributed by atoms with Crippen LogP contribution in [0.15, 0.2) is 66.7 Å². The molecular formula is C18H12. The molecule has 84 valence electrons. The Morgan fingerprint density at radius 3 is 2.22 bits per heavy atom. The summed E-state index contributed by atoms with van der Waals surface area (Å²) in [6, 6.07) is 22.7. The van der Waals surface area contributed by atoms with Gasteiger partial charge >= 0.3 is 0 Å². The van der Waals surface area contributed by atoms with Crippen LogP contribution in [-0.4, -0.2) is 0 Å². The van der Waals surface area contributed by atoms with Crippen LogP contribution < -0.4 is 0 Å². The van der Waals surface area contributed by atoms with Crippen molar-refractivity contribution in [1.29, 1.82) is 0 Å². The number of hydrogen-bond acceptors (Lipinski definition) is 0. The molecule has 3 aromatic carbocycles. The minimum Gasteiger partial charge on any atom is -0.115 e. The summed E-state index contributed by atoms with van der Waals surface area (Å²) in [7, 11) is 0. The Bertz CT molecular complexity index is 731. The maximum Gasteiger partial charge on any atom is 0.0399 e. The van der Waals surface area contributed by atoms with Gasteiger partial charge in [-0.2, -0.15) is 0 Å². The Kier molecular flexibility index (Phi) is 2.59. The predicted octanol–water partition coefficient (Wildman–Crippen LogP) is 4.49. The molecule has 0 saturated heterocycles. The van der Waals surface area contributed by atoms with Crippen LogP contribution in [0.2, 0.25) is 0 Å². The zero-order valence-corrected chi connectivity index (χ0v) is 9.93. The van der Waals surface area contributed by atoms with Crippen molar-refractivity contribution >= 4 is 10.8 Å². The number of benzene rings is 3. The highest BCUT2D eigenvalue weighted by molar-refractivity contribution is 5.94. The fourth-order valence-corrected chi connectivity index (χ4v) is 2.29. The van der Waals surface area contributed by atoms with E-state index in [1.165, 1.54) is 5.39 Å². The minimum atomic E-state index is 0.972. The van der Waals surface area contributed by atoms with Crippen LogP contribution in [0.25, 0.3) is 21.9 Å². The lowest BCUT2D eigenvalue weighted by molar-refractivity contribution is 1.62. The first-order chi connectivity index (χ1) is 8.90. The van der Waals surface area contributed by atoms with Gasteiger partial charge in [0.1, 0.15) is 0 Å². The number of hydrogen-bond donors (Lipinski definition) is 0. The fourth-order valence-electron chi connectivity index (χ4n) is 2.29. The summed E-state index contributed by atoms with van der Waals surface area (Å²) in [6.45, 7) is 0. The van der Waals surface area contributed by atoms with E-state index in [1.807, 2.05) is 30.3 Å². The van der Waals surface area contributed by atoms with Gasteiger partial charge in [-0.25, -0.2) is 0 Å². The first kappa shape index (κ1) is 10.6. The average molecular weight is 228 g/mol. The van der Waals surface area contributed by atoms with E-state index in [-0.39, 0.29) is 0 Å². The molecule has 0 heterocycles. The SMILES string of the molecule is C#Cc1c(-c2ccccc2)ccc2ccccc12. The van der Waals surface area contributed by atoms with Crippen LogP contribution in [0.5, 0.6) is 0 Å². The molecule has 0 radical (unpaired) electrons. The van der Waals surface area contributed by atoms with E-state index in [2.05, 4.69) is 42.3 Å². The molecular weight excluding hydrogens is 216 g/mol. The molecule has 3 rings (SSSR count). The highest BCUT2D eigenvalue weighted by atomic mass is 14.1. The third kappa shape index (κ3) is 1.67. The molecule has 0 aromatic heterocycles. The molecule has 0 aliphatic rings.